The predicted molar refractivity (Wildman–Crippen MR) is 117 cm³/mol. The van der Waals surface area contributed by atoms with Crippen molar-refractivity contribution < 1.29 is 13.2 Å². The zero-order valence-corrected chi connectivity index (χ0v) is 18.5. The van der Waals surface area contributed by atoms with Gasteiger partial charge >= 0.3 is 0 Å². The maximum atomic E-state index is 13.4. The normalized spacial score (nSPS) is 15.1. The summed E-state index contributed by atoms with van der Waals surface area (Å²) >= 11 is 6.26. The van der Waals surface area contributed by atoms with E-state index >= 15 is 0 Å². The van der Waals surface area contributed by atoms with Crippen molar-refractivity contribution in [1.29, 1.82) is 0 Å². The Kier molecular flexibility index (Phi) is 6.85. The maximum absolute atomic E-state index is 13.4. The number of nitrogens with zero attached hydrogens (tertiary/aromatic N) is 2. The van der Waals surface area contributed by atoms with Crippen molar-refractivity contribution in [2.45, 2.75) is 44.4 Å². The lowest BCUT2D eigenvalue weighted by Crippen LogP contribution is -2.43. The zero-order chi connectivity index (χ0) is 21.0. The fourth-order valence-electron chi connectivity index (χ4n) is 3.43. The minimum atomic E-state index is -3.92. The van der Waals surface area contributed by atoms with Crippen LogP contribution in [0.5, 0.6) is 0 Å². The summed E-state index contributed by atoms with van der Waals surface area (Å²) in [7, 11) is -3.92. The number of hydrogen-bond donors (Lipinski definition) is 0. The van der Waals surface area contributed by atoms with Crippen LogP contribution >= 0.6 is 11.6 Å². The largest absolute Gasteiger partial charge is 0.341 e. The smallest absolute Gasteiger partial charge is 0.264 e. The van der Waals surface area contributed by atoms with Crippen molar-refractivity contribution in [3.8, 4) is 0 Å². The SMILES string of the molecule is Cc1ccc(S(=O)(=O)N(CC(=O)N2CCCCCC2)c2ccc(C)c(Cl)c2)cc1. The molecule has 5 nitrogen and oxygen atoms in total. The second-order valence-electron chi connectivity index (χ2n) is 7.55. The van der Waals surface area contributed by atoms with Crippen molar-refractivity contribution in [1.82, 2.24) is 4.90 Å². The summed E-state index contributed by atoms with van der Waals surface area (Å²) in [6, 6.07) is 11.7. The van der Waals surface area contributed by atoms with Gasteiger partial charge in [0.05, 0.1) is 10.6 Å². The summed E-state index contributed by atoms with van der Waals surface area (Å²) in [5.41, 5.74) is 2.21. The molecule has 1 saturated heterocycles. The number of aryl methyl sites for hydroxylation is 2. The molecular weight excluding hydrogens is 408 g/mol. The molecular formula is C22H27ClN2O3S. The van der Waals surface area contributed by atoms with E-state index in [4.69, 9.17) is 11.6 Å². The minimum absolute atomic E-state index is 0.156. The lowest BCUT2D eigenvalue weighted by atomic mass is 10.2. The molecule has 1 heterocycles. The molecule has 0 aromatic heterocycles. The topological polar surface area (TPSA) is 57.7 Å². The van der Waals surface area contributed by atoms with Crippen LogP contribution in [0.25, 0.3) is 0 Å². The first kappa shape index (κ1) is 21.7. The summed E-state index contributed by atoms with van der Waals surface area (Å²) in [4.78, 5) is 14.9. The first-order valence-electron chi connectivity index (χ1n) is 9.92. The highest BCUT2D eigenvalue weighted by Crippen LogP contribution is 2.28. The first-order valence-corrected chi connectivity index (χ1v) is 11.7. The van der Waals surface area contributed by atoms with Crippen molar-refractivity contribution in [2.75, 3.05) is 23.9 Å². The lowest BCUT2D eigenvalue weighted by molar-refractivity contribution is -0.129. The Hall–Kier alpha value is -2.05. The highest BCUT2D eigenvalue weighted by molar-refractivity contribution is 7.92. The monoisotopic (exact) mass is 434 g/mol. The Bertz CT molecular complexity index is 966. The van der Waals surface area contributed by atoms with Crippen LogP contribution in [0.3, 0.4) is 0 Å². The molecule has 1 aliphatic heterocycles. The lowest BCUT2D eigenvalue weighted by Gasteiger charge is -2.28. The number of anilines is 1. The molecule has 1 fully saturated rings. The van der Waals surface area contributed by atoms with E-state index in [1.165, 1.54) is 4.31 Å². The average Bonchev–Trinajstić information content (AvgIpc) is 2.98. The summed E-state index contributed by atoms with van der Waals surface area (Å²) in [5, 5.41) is 0.467. The number of likely N-dealkylation sites (tertiary alicyclic amines) is 1. The third-order valence-electron chi connectivity index (χ3n) is 5.29. The van der Waals surface area contributed by atoms with E-state index in [1.54, 1.807) is 47.4 Å². The number of sulfonamides is 1. The van der Waals surface area contributed by atoms with E-state index in [2.05, 4.69) is 0 Å². The summed E-state index contributed by atoms with van der Waals surface area (Å²) in [6.45, 7) is 4.86. The van der Waals surface area contributed by atoms with Gasteiger partial charge in [-0.05, 0) is 56.5 Å². The predicted octanol–water partition coefficient (Wildman–Crippen LogP) is 4.55. The van der Waals surface area contributed by atoms with Gasteiger partial charge in [0.25, 0.3) is 10.0 Å². The molecule has 2 aromatic rings. The minimum Gasteiger partial charge on any atom is -0.341 e. The molecule has 29 heavy (non-hydrogen) atoms. The molecule has 0 radical (unpaired) electrons. The number of benzene rings is 2. The Labute approximate surface area is 178 Å². The first-order chi connectivity index (χ1) is 13.8. The number of carbonyl (C=O) groups is 1. The molecule has 0 saturated carbocycles. The van der Waals surface area contributed by atoms with Gasteiger partial charge in [0, 0.05) is 18.1 Å². The van der Waals surface area contributed by atoms with Gasteiger partial charge in [0.2, 0.25) is 5.91 Å². The van der Waals surface area contributed by atoms with E-state index in [9.17, 15) is 13.2 Å². The van der Waals surface area contributed by atoms with Gasteiger partial charge in [-0.2, -0.15) is 0 Å². The van der Waals surface area contributed by atoms with Gasteiger partial charge in [-0.25, -0.2) is 8.42 Å². The molecule has 0 atom stereocenters. The molecule has 0 spiro atoms. The number of rotatable bonds is 5. The fraction of sp³-hybridized carbons (Fsp3) is 0.409. The van der Waals surface area contributed by atoms with Gasteiger partial charge in [-0.1, -0.05) is 48.2 Å². The van der Waals surface area contributed by atoms with Crippen LogP contribution in [-0.2, 0) is 14.8 Å². The molecule has 156 valence electrons. The Morgan fingerprint density at radius 2 is 1.62 bits per heavy atom. The van der Waals surface area contributed by atoms with Crippen molar-refractivity contribution in [3.05, 3.63) is 58.6 Å². The van der Waals surface area contributed by atoms with Crippen molar-refractivity contribution in [2.24, 2.45) is 0 Å². The molecule has 0 aliphatic carbocycles. The third kappa shape index (κ3) is 5.11. The van der Waals surface area contributed by atoms with Gasteiger partial charge in [-0.15, -0.1) is 0 Å². The van der Waals surface area contributed by atoms with E-state index in [0.717, 1.165) is 36.8 Å². The van der Waals surface area contributed by atoms with E-state index in [-0.39, 0.29) is 17.3 Å². The second-order valence-corrected chi connectivity index (χ2v) is 9.82. The van der Waals surface area contributed by atoms with E-state index < -0.39 is 10.0 Å². The van der Waals surface area contributed by atoms with Crippen molar-refractivity contribution >= 4 is 33.2 Å². The fourth-order valence-corrected chi connectivity index (χ4v) is 5.01. The molecule has 3 rings (SSSR count). The standard InChI is InChI=1S/C22H27ClN2O3S/c1-17-7-11-20(12-8-17)29(27,28)25(19-10-9-18(2)21(23)15-19)16-22(26)24-13-5-3-4-6-14-24/h7-12,15H,3-6,13-14,16H2,1-2H3. The quantitative estimate of drug-likeness (QED) is 0.693. The Morgan fingerprint density at radius 1 is 1.00 bits per heavy atom. The zero-order valence-electron chi connectivity index (χ0n) is 16.9. The summed E-state index contributed by atoms with van der Waals surface area (Å²) in [5.74, 6) is -0.181. The summed E-state index contributed by atoms with van der Waals surface area (Å²) in [6.07, 6.45) is 4.10. The average molecular weight is 435 g/mol. The van der Waals surface area contributed by atoms with Crippen LogP contribution in [0, 0.1) is 13.8 Å². The van der Waals surface area contributed by atoms with Crippen LogP contribution in [-0.4, -0.2) is 38.9 Å². The molecule has 0 bridgehead atoms. The number of hydrogen-bond acceptors (Lipinski definition) is 3. The molecule has 7 heteroatoms. The Balaban J connectivity index is 1.98. The maximum Gasteiger partial charge on any atom is 0.264 e. The van der Waals surface area contributed by atoms with Crippen LogP contribution in [0.1, 0.15) is 36.8 Å². The highest BCUT2D eigenvalue weighted by Gasteiger charge is 2.29. The van der Waals surface area contributed by atoms with Gasteiger partial charge in [-0.3, -0.25) is 9.10 Å². The Morgan fingerprint density at radius 3 is 2.21 bits per heavy atom. The molecule has 2 aromatic carbocycles. The van der Waals surface area contributed by atoms with Gasteiger partial charge in [0.1, 0.15) is 6.54 Å². The highest BCUT2D eigenvalue weighted by atomic mass is 35.5. The van der Waals surface area contributed by atoms with Crippen LogP contribution in [0.4, 0.5) is 5.69 Å². The number of halogens is 1. The molecule has 1 aliphatic rings. The number of amides is 1. The van der Waals surface area contributed by atoms with Crippen LogP contribution < -0.4 is 4.31 Å². The summed E-state index contributed by atoms with van der Waals surface area (Å²) < 4.78 is 28.1. The van der Waals surface area contributed by atoms with Crippen LogP contribution in [0.2, 0.25) is 5.02 Å². The second kappa shape index (κ2) is 9.18. The number of carbonyl (C=O) groups excluding carboxylic acids is 1. The van der Waals surface area contributed by atoms with E-state index in [0.29, 0.717) is 23.8 Å². The molecule has 0 N–H and O–H groups in total. The van der Waals surface area contributed by atoms with Crippen LogP contribution in [0.15, 0.2) is 47.4 Å². The van der Waals surface area contributed by atoms with E-state index in [1.807, 2.05) is 13.8 Å². The van der Waals surface area contributed by atoms with Crippen molar-refractivity contribution in [3.63, 3.8) is 0 Å². The molecule has 1 amide bonds. The molecule has 0 unspecified atom stereocenters. The van der Waals surface area contributed by atoms with Gasteiger partial charge < -0.3 is 4.90 Å². The van der Waals surface area contributed by atoms with Gasteiger partial charge in [0.15, 0.2) is 0 Å². The third-order valence-corrected chi connectivity index (χ3v) is 7.49.